The van der Waals surface area contributed by atoms with E-state index in [-0.39, 0.29) is 0 Å². The van der Waals surface area contributed by atoms with E-state index in [9.17, 15) is 0 Å². The maximum Gasteiger partial charge on any atom is 0.128 e. The summed E-state index contributed by atoms with van der Waals surface area (Å²) in [6.45, 7) is 0.629. The minimum atomic E-state index is 0.629. The van der Waals surface area contributed by atoms with E-state index in [1.54, 1.807) is 7.11 Å². The number of hydrogen-bond acceptors (Lipinski definition) is 2. The van der Waals surface area contributed by atoms with Crippen LogP contribution in [0.15, 0.2) is 22.8 Å². The molecule has 0 atom stereocenters. The van der Waals surface area contributed by atoms with Crippen LogP contribution >= 0.6 is 15.9 Å². The smallest absolute Gasteiger partial charge is 0.128 e. The fourth-order valence-corrected chi connectivity index (χ4v) is 2.41. The number of hydrogen-bond donors (Lipinski definition) is 2. The van der Waals surface area contributed by atoms with Crippen LogP contribution in [-0.4, -0.2) is 18.6 Å². The molecule has 4 heteroatoms. The van der Waals surface area contributed by atoms with Gasteiger partial charge in [0.1, 0.15) is 5.75 Å². The predicted octanol–water partition coefficient (Wildman–Crippen LogP) is 2.44. The Morgan fingerprint density at radius 2 is 2.27 bits per heavy atom. The van der Waals surface area contributed by atoms with E-state index in [0.717, 1.165) is 27.7 Å². The number of ether oxygens (including phenoxy) is 1. The van der Waals surface area contributed by atoms with Gasteiger partial charge in [-0.2, -0.15) is 0 Å². The Labute approximate surface area is 96.7 Å². The molecule has 0 spiro atoms. The first-order valence-electron chi connectivity index (χ1n) is 4.81. The van der Waals surface area contributed by atoms with Crippen LogP contribution in [0.4, 0.5) is 0 Å². The Kier molecular flexibility index (Phi) is 2.98. The highest BCUT2D eigenvalue weighted by Crippen LogP contribution is 2.33. The Morgan fingerprint density at radius 1 is 1.47 bits per heavy atom. The summed E-state index contributed by atoms with van der Waals surface area (Å²) in [7, 11) is 1.68. The van der Waals surface area contributed by atoms with Gasteiger partial charge in [-0.25, -0.2) is 0 Å². The summed E-state index contributed by atoms with van der Waals surface area (Å²) in [5.41, 5.74) is 7.85. The fourth-order valence-electron chi connectivity index (χ4n) is 1.80. The van der Waals surface area contributed by atoms with E-state index in [2.05, 4.69) is 20.9 Å². The Bertz CT molecular complexity index is 479. The molecule has 0 saturated carbocycles. The summed E-state index contributed by atoms with van der Waals surface area (Å²) >= 11 is 3.51. The summed E-state index contributed by atoms with van der Waals surface area (Å²) in [5, 5.41) is 1.12. The Hall–Kier alpha value is -1.00. The highest BCUT2D eigenvalue weighted by Gasteiger charge is 2.12. The van der Waals surface area contributed by atoms with Crippen LogP contribution in [0.1, 0.15) is 5.56 Å². The van der Waals surface area contributed by atoms with Crippen LogP contribution in [0, 0.1) is 0 Å². The zero-order chi connectivity index (χ0) is 10.8. The number of aromatic nitrogens is 1. The quantitative estimate of drug-likeness (QED) is 0.899. The lowest BCUT2D eigenvalue weighted by atomic mass is 10.1. The summed E-state index contributed by atoms with van der Waals surface area (Å²) < 4.78 is 6.34. The first-order valence-corrected chi connectivity index (χ1v) is 5.60. The number of H-pyrrole nitrogens is 1. The van der Waals surface area contributed by atoms with Crippen molar-refractivity contribution in [1.82, 2.24) is 4.98 Å². The molecule has 0 unspecified atom stereocenters. The minimum absolute atomic E-state index is 0.629. The summed E-state index contributed by atoms with van der Waals surface area (Å²) in [6, 6.07) is 5.96. The number of halogens is 1. The van der Waals surface area contributed by atoms with Crippen molar-refractivity contribution >= 4 is 26.8 Å². The van der Waals surface area contributed by atoms with Gasteiger partial charge in [-0.1, -0.05) is 6.07 Å². The van der Waals surface area contributed by atoms with Crippen molar-refractivity contribution in [3.05, 3.63) is 28.4 Å². The van der Waals surface area contributed by atoms with Gasteiger partial charge in [0.05, 0.1) is 17.2 Å². The van der Waals surface area contributed by atoms with Gasteiger partial charge in [0.25, 0.3) is 0 Å². The van der Waals surface area contributed by atoms with Crippen molar-refractivity contribution < 1.29 is 4.74 Å². The first kappa shape index (κ1) is 10.5. The van der Waals surface area contributed by atoms with Crippen molar-refractivity contribution in [2.24, 2.45) is 5.73 Å². The number of fused-ring (bicyclic) bond motifs is 1. The number of benzene rings is 1. The molecule has 0 aliphatic rings. The van der Waals surface area contributed by atoms with E-state index in [0.29, 0.717) is 6.54 Å². The highest BCUT2D eigenvalue weighted by atomic mass is 79.9. The van der Waals surface area contributed by atoms with Crippen molar-refractivity contribution in [1.29, 1.82) is 0 Å². The van der Waals surface area contributed by atoms with Crippen LogP contribution in [0.3, 0.4) is 0 Å². The van der Waals surface area contributed by atoms with Gasteiger partial charge in [0.15, 0.2) is 0 Å². The van der Waals surface area contributed by atoms with Gasteiger partial charge in [-0.05, 0) is 46.6 Å². The zero-order valence-corrected chi connectivity index (χ0v) is 10.1. The summed E-state index contributed by atoms with van der Waals surface area (Å²) in [6.07, 6.45) is 0.834. The van der Waals surface area contributed by atoms with Crippen LogP contribution in [0.2, 0.25) is 0 Å². The lowest BCUT2D eigenvalue weighted by Crippen LogP contribution is -2.02. The van der Waals surface area contributed by atoms with E-state index in [1.165, 1.54) is 5.56 Å². The molecule has 2 aromatic rings. The third kappa shape index (κ3) is 1.75. The summed E-state index contributed by atoms with van der Waals surface area (Å²) in [5.74, 6) is 0.887. The summed E-state index contributed by atoms with van der Waals surface area (Å²) in [4.78, 5) is 3.27. The zero-order valence-electron chi connectivity index (χ0n) is 8.51. The normalized spacial score (nSPS) is 10.9. The van der Waals surface area contributed by atoms with E-state index in [4.69, 9.17) is 10.5 Å². The molecule has 1 heterocycles. The monoisotopic (exact) mass is 268 g/mol. The topological polar surface area (TPSA) is 51.0 Å². The average molecular weight is 269 g/mol. The number of rotatable bonds is 3. The minimum Gasteiger partial charge on any atom is -0.496 e. The molecule has 0 bridgehead atoms. The molecule has 80 valence electrons. The lowest BCUT2D eigenvalue weighted by molar-refractivity contribution is 0.419. The van der Waals surface area contributed by atoms with Crippen molar-refractivity contribution in [2.75, 3.05) is 13.7 Å². The molecule has 2 rings (SSSR count). The fraction of sp³-hybridized carbons (Fsp3) is 0.273. The van der Waals surface area contributed by atoms with Crippen molar-refractivity contribution in [2.45, 2.75) is 6.42 Å². The molecular formula is C11H13BrN2O. The lowest BCUT2D eigenvalue weighted by Gasteiger charge is -2.03. The van der Waals surface area contributed by atoms with Crippen molar-refractivity contribution in [3.63, 3.8) is 0 Å². The Morgan fingerprint density at radius 3 is 2.93 bits per heavy atom. The molecule has 0 aliphatic carbocycles. The van der Waals surface area contributed by atoms with Crippen LogP contribution < -0.4 is 10.5 Å². The van der Waals surface area contributed by atoms with Gasteiger partial charge in [-0.3, -0.25) is 0 Å². The van der Waals surface area contributed by atoms with Gasteiger partial charge in [-0.15, -0.1) is 0 Å². The molecule has 1 aromatic carbocycles. The largest absolute Gasteiger partial charge is 0.496 e. The molecule has 3 nitrogen and oxygen atoms in total. The molecule has 0 amide bonds. The molecule has 0 aliphatic heterocycles. The van der Waals surface area contributed by atoms with Crippen LogP contribution in [0.5, 0.6) is 5.75 Å². The second-order valence-electron chi connectivity index (χ2n) is 3.34. The van der Waals surface area contributed by atoms with Crippen LogP contribution in [0.25, 0.3) is 10.9 Å². The van der Waals surface area contributed by atoms with E-state index >= 15 is 0 Å². The molecular weight excluding hydrogens is 256 g/mol. The van der Waals surface area contributed by atoms with Gasteiger partial charge >= 0.3 is 0 Å². The molecule has 1 aromatic heterocycles. The number of aromatic amines is 1. The number of nitrogens with two attached hydrogens (primary N) is 1. The first-order chi connectivity index (χ1) is 7.27. The molecule has 0 saturated heterocycles. The highest BCUT2D eigenvalue weighted by molar-refractivity contribution is 9.10. The second-order valence-corrected chi connectivity index (χ2v) is 4.13. The molecule has 0 radical (unpaired) electrons. The van der Waals surface area contributed by atoms with Crippen LogP contribution in [-0.2, 0) is 6.42 Å². The maximum absolute atomic E-state index is 5.60. The van der Waals surface area contributed by atoms with Crippen molar-refractivity contribution in [3.8, 4) is 5.75 Å². The Balaban J connectivity index is 2.71. The van der Waals surface area contributed by atoms with Gasteiger partial charge in [0, 0.05) is 5.39 Å². The number of methoxy groups -OCH3 is 1. The average Bonchev–Trinajstić information content (AvgIpc) is 2.56. The van der Waals surface area contributed by atoms with Gasteiger partial charge in [0.2, 0.25) is 0 Å². The SMILES string of the molecule is COc1cccc2[nH]c(Br)c(CCN)c12. The molecule has 3 N–H and O–H groups in total. The molecule has 0 fully saturated rings. The second kappa shape index (κ2) is 4.24. The maximum atomic E-state index is 5.60. The van der Waals surface area contributed by atoms with E-state index < -0.39 is 0 Å². The van der Waals surface area contributed by atoms with Gasteiger partial charge < -0.3 is 15.5 Å². The third-order valence-electron chi connectivity index (χ3n) is 2.45. The molecule has 15 heavy (non-hydrogen) atoms. The third-order valence-corrected chi connectivity index (χ3v) is 3.13. The standard InChI is InChI=1S/C11H13BrN2O/c1-15-9-4-2-3-8-10(9)7(5-6-13)11(12)14-8/h2-4,14H,5-6,13H2,1H3. The predicted molar refractivity (Wildman–Crippen MR) is 65.3 cm³/mol. The number of nitrogens with one attached hydrogen (secondary N) is 1. The van der Waals surface area contributed by atoms with E-state index in [1.807, 2.05) is 18.2 Å².